The van der Waals surface area contributed by atoms with E-state index in [1.54, 1.807) is 13.1 Å². The molecule has 31 heavy (non-hydrogen) atoms. The standard InChI is InChI=1S/C24H30N6O/c1-6-31-24-19(8-7-10-27-24)20-13-21(28-14-18-9-11-26-16(4)12-18)23(29-15(2)3)22(30-20)17(5)25/h7-13,15,25,29H,6,14H2,1-5H3,(H,28,30). The first-order valence-electron chi connectivity index (χ1n) is 10.5. The number of nitrogens with zero attached hydrogens (tertiary/aromatic N) is 3. The van der Waals surface area contributed by atoms with Crippen LogP contribution in [-0.4, -0.2) is 33.3 Å². The highest BCUT2D eigenvalue weighted by Gasteiger charge is 2.18. The van der Waals surface area contributed by atoms with Crippen LogP contribution in [0, 0.1) is 12.3 Å². The van der Waals surface area contributed by atoms with Crippen molar-refractivity contribution in [2.24, 2.45) is 0 Å². The quantitative estimate of drug-likeness (QED) is 0.420. The molecule has 3 N–H and O–H groups in total. The van der Waals surface area contributed by atoms with Crippen LogP contribution in [0.4, 0.5) is 11.4 Å². The van der Waals surface area contributed by atoms with Gasteiger partial charge in [0.2, 0.25) is 5.88 Å². The molecular formula is C24H30N6O. The van der Waals surface area contributed by atoms with Gasteiger partial charge in [-0.25, -0.2) is 9.97 Å². The predicted molar refractivity (Wildman–Crippen MR) is 126 cm³/mol. The molecule has 0 amide bonds. The molecule has 0 aliphatic heterocycles. The van der Waals surface area contributed by atoms with Gasteiger partial charge >= 0.3 is 0 Å². The van der Waals surface area contributed by atoms with Gasteiger partial charge in [0, 0.05) is 30.7 Å². The molecule has 0 bridgehead atoms. The van der Waals surface area contributed by atoms with Gasteiger partial charge in [0.15, 0.2) is 0 Å². The zero-order valence-corrected chi connectivity index (χ0v) is 18.8. The number of aromatic nitrogens is 3. The van der Waals surface area contributed by atoms with Gasteiger partial charge < -0.3 is 20.8 Å². The van der Waals surface area contributed by atoms with Crippen molar-refractivity contribution in [3.05, 3.63) is 59.7 Å². The summed E-state index contributed by atoms with van der Waals surface area (Å²) < 4.78 is 5.72. The highest BCUT2D eigenvalue weighted by Crippen LogP contribution is 2.34. The lowest BCUT2D eigenvalue weighted by molar-refractivity contribution is 0.328. The van der Waals surface area contributed by atoms with E-state index in [1.165, 1.54) is 0 Å². The first kappa shape index (κ1) is 22.2. The number of aryl methyl sites for hydroxylation is 1. The SMILES string of the molecule is CCOc1ncccc1-c1cc(NCc2ccnc(C)c2)c(NC(C)C)c(C(C)=N)n1. The van der Waals surface area contributed by atoms with Crippen molar-refractivity contribution in [2.75, 3.05) is 17.2 Å². The highest BCUT2D eigenvalue weighted by atomic mass is 16.5. The van der Waals surface area contributed by atoms with Crippen LogP contribution in [0.15, 0.2) is 42.7 Å². The van der Waals surface area contributed by atoms with Crippen molar-refractivity contribution in [3.8, 4) is 17.1 Å². The summed E-state index contributed by atoms with van der Waals surface area (Å²) in [7, 11) is 0. The van der Waals surface area contributed by atoms with Crippen LogP contribution >= 0.6 is 0 Å². The van der Waals surface area contributed by atoms with Crippen molar-refractivity contribution in [1.29, 1.82) is 5.41 Å². The summed E-state index contributed by atoms with van der Waals surface area (Å²) in [6.07, 6.45) is 3.52. The van der Waals surface area contributed by atoms with Gasteiger partial charge in [-0.2, -0.15) is 0 Å². The van der Waals surface area contributed by atoms with E-state index in [0.29, 0.717) is 36.1 Å². The summed E-state index contributed by atoms with van der Waals surface area (Å²) in [6, 6.07) is 10.0. The molecule has 3 rings (SSSR count). The third-order valence-corrected chi connectivity index (χ3v) is 4.58. The number of pyridine rings is 3. The molecule has 162 valence electrons. The molecule has 7 nitrogen and oxygen atoms in total. The maximum Gasteiger partial charge on any atom is 0.222 e. The normalized spacial score (nSPS) is 10.8. The van der Waals surface area contributed by atoms with Gasteiger partial charge in [-0.3, -0.25) is 4.98 Å². The Balaban J connectivity index is 2.10. The average molecular weight is 419 g/mol. The number of hydrogen-bond donors (Lipinski definition) is 3. The fourth-order valence-corrected chi connectivity index (χ4v) is 3.28. The van der Waals surface area contributed by atoms with E-state index in [9.17, 15) is 0 Å². The van der Waals surface area contributed by atoms with E-state index in [0.717, 1.165) is 28.2 Å². The molecule has 0 fully saturated rings. The van der Waals surface area contributed by atoms with E-state index in [4.69, 9.17) is 15.1 Å². The smallest absolute Gasteiger partial charge is 0.222 e. The third-order valence-electron chi connectivity index (χ3n) is 4.58. The molecular weight excluding hydrogens is 388 g/mol. The first-order valence-corrected chi connectivity index (χ1v) is 10.5. The molecule has 0 unspecified atom stereocenters. The van der Waals surface area contributed by atoms with Crippen LogP contribution in [0.5, 0.6) is 5.88 Å². The molecule has 3 aromatic rings. The Kier molecular flexibility index (Phi) is 7.18. The molecule has 0 saturated heterocycles. The van der Waals surface area contributed by atoms with Gasteiger partial charge in [-0.15, -0.1) is 0 Å². The predicted octanol–water partition coefficient (Wildman–Crippen LogP) is 5.07. The summed E-state index contributed by atoms with van der Waals surface area (Å²) >= 11 is 0. The van der Waals surface area contributed by atoms with Crippen LogP contribution in [0.25, 0.3) is 11.3 Å². The lowest BCUT2D eigenvalue weighted by atomic mass is 10.1. The van der Waals surface area contributed by atoms with Gasteiger partial charge in [0.25, 0.3) is 0 Å². The minimum absolute atomic E-state index is 0.187. The number of hydrogen-bond acceptors (Lipinski definition) is 7. The largest absolute Gasteiger partial charge is 0.477 e. The molecule has 0 saturated carbocycles. The zero-order chi connectivity index (χ0) is 22.4. The van der Waals surface area contributed by atoms with Crippen LogP contribution in [0.3, 0.4) is 0 Å². The van der Waals surface area contributed by atoms with Crippen LogP contribution in [0.1, 0.15) is 44.6 Å². The van der Waals surface area contributed by atoms with Gasteiger partial charge in [0.1, 0.15) is 5.69 Å². The van der Waals surface area contributed by atoms with Crippen LogP contribution in [-0.2, 0) is 6.54 Å². The summed E-state index contributed by atoms with van der Waals surface area (Å²) in [6.45, 7) is 10.9. The van der Waals surface area contributed by atoms with Gasteiger partial charge in [0.05, 0.1) is 35.0 Å². The Bertz CT molecular complexity index is 1060. The number of ether oxygens (including phenoxy) is 1. The Morgan fingerprint density at radius 2 is 1.97 bits per heavy atom. The molecule has 0 spiro atoms. The monoisotopic (exact) mass is 418 g/mol. The van der Waals surface area contributed by atoms with E-state index >= 15 is 0 Å². The maximum absolute atomic E-state index is 8.35. The Morgan fingerprint density at radius 3 is 2.65 bits per heavy atom. The van der Waals surface area contributed by atoms with Crippen molar-refractivity contribution in [2.45, 2.75) is 47.2 Å². The van der Waals surface area contributed by atoms with E-state index in [2.05, 4.69) is 40.5 Å². The second kappa shape index (κ2) is 10.0. The molecule has 0 aliphatic carbocycles. The summed E-state index contributed by atoms with van der Waals surface area (Å²) in [5.41, 5.74) is 6.29. The third kappa shape index (κ3) is 5.57. The molecule has 0 atom stereocenters. The second-order valence-corrected chi connectivity index (χ2v) is 7.65. The molecule has 0 aliphatic rings. The number of rotatable bonds is 9. The van der Waals surface area contributed by atoms with Crippen LogP contribution in [0.2, 0.25) is 0 Å². The second-order valence-electron chi connectivity index (χ2n) is 7.65. The maximum atomic E-state index is 8.35. The van der Waals surface area contributed by atoms with E-state index in [1.807, 2.05) is 44.3 Å². The fraction of sp³-hybridized carbons (Fsp3) is 0.333. The topological polar surface area (TPSA) is 95.8 Å². The Hall–Kier alpha value is -3.48. The first-order chi connectivity index (χ1) is 14.9. The highest BCUT2D eigenvalue weighted by molar-refractivity contribution is 6.03. The number of nitrogens with one attached hydrogen (secondary N) is 3. The Labute approximate surface area is 183 Å². The molecule has 0 aromatic carbocycles. The van der Waals surface area contributed by atoms with Crippen molar-refractivity contribution < 1.29 is 4.74 Å². The van der Waals surface area contributed by atoms with Crippen molar-refractivity contribution >= 4 is 17.1 Å². The average Bonchev–Trinajstić information content (AvgIpc) is 2.73. The zero-order valence-electron chi connectivity index (χ0n) is 18.8. The lowest BCUT2D eigenvalue weighted by Gasteiger charge is -2.21. The minimum Gasteiger partial charge on any atom is -0.477 e. The van der Waals surface area contributed by atoms with Crippen LogP contribution < -0.4 is 15.4 Å². The summed E-state index contributed by atoms with van der Waals surface area (Å²) in [5, 5.41) is 15.3. The fourth-order valence-electron chi connectivity index (χ4n) is 3.28. The van der Waals surface area contributed by atoms with Crippen molar-refractivity contribution in [1.82, 2.24) is 15.0 Å². The lowest BCUT2D eigenvalue weighted by Crippen LogP contribution is -2.17. The summed E-state index contributed by atoms with van der Waals surface area (Å²) in [5.74, 6) is 0.534. The van der Waals surface area contributed by atoms with Gasteiger partial charge in [-0.05, 0) is 70.5 Å². The summed E-state index contributed by atoms with van der Waals surface area (Å²) in [4.78, 5) is 13.4. The Morgan fingerprint density at radius 1 is 1.16 bits per heavy atom. The van der Waals surface area contributed by atoms with E-state index < -0.39 is 0 Å². The van der Waals surface area contributed by atoms with Crippen molar-refractivity contribution in [3.63, 3.8) is 0 Å². The minimum atomic E-state index is 0.187. The van der Waals surface area contributed by atoms with E-state index in [-0.39, 0.29) is 6.04 Å². The molecule has 0 radical (unpaired) electrons. The number of anilines is 2. The van der Waals surface area contributed by atoms with Gasteiger partial charge in [-0.1, -0.05) is 0 Å². The molecule has 3 aromatic heterocycles. The molecule has 7 heteroatoms. The molecule has 3 heterocycles.